The molecule has 3 N–H and O–H groups in total. The third-order valence-corrected chi connectivity index (χ3v) is 7.83. The van der Waals surface area contributed by atoms with Crippen LogP contribution in [0.5, 0.6) is 0 Å². The average molecular weight is 630 g/mol. The Morgan fingerprint density at radius 3 is 2.11 bits per heavy atom. The van der Waals surface area contributed by atoms with Crippen molar-refractivity contribution in [1.29, 1.82) is 0 Å². The minimum Gasteiger partial charge on any atom is -0.325 e. The Hall–Kier alpha value is -6.07. The van der Waals surface area contributed by atoms with Gasteiger partial charge in [-0.25, -0.2) is 0 Å². The number of nitrogens with zero attached hydrogens (tertiary/aromatic N) is 2. The molecule has 0 aliphatic rings. The first-order chi connectivity index (χ1) is 22.4. The number of rotatable bonds is 11. The molecule has 0 saturated carbocycles. The smallest absolute Gasteiger partial charge is 0.272 e. The first kappa shape index (κ1) is 31.4. The van der Waals surface area contributed by atoms with Gasteiger partial charge in [-0.15, -0.1) is 11.8 Å². The Kier molecular flexibility index (Phi) is 10.3. The molecule has 0 bridgehead atoms. The number of non-ortho nitro benzene ring substituents is 1. The highest BCUT2D eigenvalue weighted by Gasteiger charge is 2.23. The number of pyridine rings is 1. The van der Waals surface area contributed by atoms with E-state index in [1.165, 1.54) is 42.1 Å². The molecule has 3 amide bonds. The molecule has 1 aromatic heterocycles. The molecule has 46 heavy (non-hydrogen) atoms. The van der Waals surface area contributed by atoms with Crippen molar-refractivity contribution in [3.05, 3.63) is 166 Å². The molecule has 5 aromatic rings. The normalized spacial score (nSPS) is 11.6. The summed E-state index contributed by atoms with van der Waals surface area (Å²) in [6.45, 7) is 0. The van der Waals surface area contributed by atoms with Crippen LogP contribution in [0.25, 0.3) is 6.08 Å². The zero-order chi connectivity index (χ0) is 32.3. The standard InChI is InChI=1S/C35H27N5O5S/c41-33(26-10-5-2-6-11-26)39-31(22-24-14-16-29(17-15-24)40(44)45)34(42)38-28-12-7-13-30(23-28)46-32(25-8-3-1-4-9-25)35(43)37-27-18-20-36-21-19-27/h1-23,32H,(H,38,42)(H,39,41)(H,36,37,43)/b31-22+. The van der Waals surface area contributed by atoms with Crippen LogP contribution in [0.1, 0.15) is 26.7 Å². The van der Waals surface area contributed by atoms with Gasteiger partial charge in [0.05, 0.1) is 4.92 Å². The van der Waals surface area contributed by atoms with Crippen molar-refractivity contribution < 1.29 is 19.3 Å². The Labute approximate surface area is 268 Å². The quantitative estimate of drug-likeness (QED) is 0.0626. The summed E-state index contributed by atoms with van der Waals surface area (Å²) >= 11 is 1.31. The van der Waals surface area contributed by atoms with E-state index in [9.17, 15) is 24.5 Å². The van der Waals surface area contributed by atoms with Crippen LogP contribution in [-0.2, 0) is 9.59 Å². The zero-order valence-corrected chi connectivity index (χ0v) is 25.0. The maximum absolute atomic E-state index is 13.5. The van der Waals surface area contributed by atoms with Gasteiger partial charge in [0.1, 0.15) is 10.9 Å². The van der Waals surface area contributed by atoms with Gasteiger partial charge >= 0.3 is 0 Å². The molecule has 1 heterocycles. The zero-order valence-electron chi connectivity index (χ0n) is 24.2. The summed E-state index contributed by atoms with van der Waals surface area (Å²) in [5.74, 6) is -1.34. The third kappa shape index (κ3) is 8.52. The number of nitro benzene ring substituents is 1. The van der Waals surface area contributed by atoms with Gasteiger partial charge in [-0.2, -0.15) is 0 Å². The van der Waals surface area contributed by atoms with Crippen molar-refractivity contribution in [3.63, 3.8) is 0 Å². The molecular formula is C35H27N5O5S. The van der Waals surface area contributed by atoms with Crippen LogP contribution in [0.15, 0.2) is 144 Å². The largest absolute Gasteiger partial charge is 0.325 e. The lowest BCUT2D eigenvalue weighted by Gasteiger charge is -2.18. The second-order valence-corrected chi connectivity index (χ2v) is 11.0. The molecule has 0 spiro atoms. The minimum atomic E-state index is -0.611. The van der Waals surface area contributed by atoms with Gasteiger partial charge in [-0.05, 0) is 71.8 Å². The van der Waals surface area contributed by atoms with E-state index >= 15 is 0 Å². The number of hydrogen-bond acceptors (Lipinski definition) is 7. The third-order valence-electron chi connectivity index (χ3n) is 6.58. The molecule has 0 saturated heterocycles. The summed E-state index contributed by atoms with van der Waals surface area (Å²) in [4.78, 5) is 55.2. The molecule has 228 valence electrons. The Balaban J connectivity index is 1.38. The van der Waals surface area contributed by atoms with Crippen molar-refractivity contribution in [2.24, 2.45) is 0 Å². The summed E-state index contributed by atoms with van der Waals surface area (Å²) in [5.41, 5.74) is 2.49. The van der Waals surface area contributed by atoms with Gasteiger partial charge in [0.25, 0.3) is 17.5 Å². The molecule has 5 rings (SSSR count). The number of nitro groups is 1. The number of benzene rings is 4. The second kappa shape index (κ2) is 15.1. The second-order valence-electron chi connectivity index (χ2n) is 9.84. The topological polar surface area (TPSA) is 143 Å². The Morgan fingerprint density at radius 2 is 1.43 bits per heavy atom. The van der Waals surface area contributed by atoms with E-state index in [2.05, 4.69) is 20.9 Å². The number of carbonyl (C=O) groups excluding carboxylic acids is 3. The van der Waals surface area contributed by atoms with Crippen molar-refractivity contribution in [3.8, 4) is 0 Å². The van der Waals surface area contributed by atoms with Crippen LogP contribution in [0.2, 0.25) is 0 Å². The maximum Gasteiger partial charge on any atom is 0.272 e. The predicted molar refractivity (Wildman–Crippen MR) is 178 cm³/mol. The molecule has 0 radical (unpaired) electrons. The van der Waals surface area contributed by atoms with Crippen molar-refractivity contribution in [2.75, 3.05) is 10.6 Å². The van der Waals surface area contributed by atoms with Gasteiger partial charge in [-0.1, -0.05) is 54.6 Å². The molecule has 11 heteroatoms. The predicted octanol–water partition coefficient (Wildman–Crippen LogP) is 6.87. The first-order valence-corrected chi connectivity index (χ1v) is 14.9. The van der Waals surface area contributed by atoms with E-state index in [0.717, 1.165) is 5.56 Å². The number of nitrogens with one attached hydrogen (secondary N) is 3. The molecular weight excluding hydrogens is 602 g/mol. The van der Waals surface area contributed by atoms with Crippen LogP contribution >= 0.6 is 11.8 Å². The molecule has 0 fully saturated rings. The van der Waals surface area contributed by atoms with E-state index in [4.69, 9.17) is 0 Å². The molecule has 1 atom stereocenters. The highest BCUT2D eigenvalue weighted by molar-refractivity contribution is 8.00. The fraction of sp³-hybridized carbons (Fsp3) is 0.0286. The summed E-state index contributed by atoms with van der Waals surface area (Å²) in [6, 6.07) is 33.8. The SMILES string of the molecule is O=C(Nc1cccc(SC(C(=O)Nc2ccncc2)c2ccccc2)c1)/C(=C\c1ccc([N+](=O)[O-])cc1)NC(=O)c1ccccc1. The Morgan fingerprint density at radius 1 is 0.761 bits per heavy atom. The minimum absolute atomic E-state index is 0.0698. The monoisotopic (exact) mass is 629 g/mol. The summed E-state index contributed by atoms with van der Waals surface area (Å²) < 4.78 is 0. The number of hydrogen-bond donors (Lipinski definition) is 3. The van der Waals surface area contributed by atoms with Gasteiger partial charge in [-0.3, -0.25) is 29.5 Å². The van der Waals surface area contributed by atoms with Gasteiger partial charge in [0, 0.05) is 46.4 Å². The highest BCUT2D eigenvalue weighted by Crippen LogP contribution is 2.37. The van der Waals surface area contributed by atoms with Gasteiger partial charge < -0.3 is 16.0 Å². The van der Waals surface area contributed by atoms with Crippen molar-refractivity contribution in [1.82, 2.24) is 10.3 Å². The molecule has 0 aliphatic carbocycles. The van der Waals surface area contributed by atoms with Crippen LogP contribution in [0, 0.1) is 10.1 Å². The van der Waals surface area contributed by atoms with Gasteiger partial charge in [0.15, 0.2) is 0 Å². The van der Waals surface area contributed by atoms with E-state index in [1.807, 2.05) is 36.4 Å². The summed E-state index contributed by atoms with van der Waals surface area (Å²) in [5, 5.41) is 18.9. The molecule has 4 aromatic carbocycles. The lowest BCUT2D eigenvalue weighted by atomic mass is 10.1. The average Bonchev–Trinajstić information content (AvgIpc) is 3.08. The Bertz CT molecular complexity index is 1870. The summed E-state index contributed by atoms with van der Waals surface area (Å²) in [7, 11) is 0. The van der Waals surface area contributed by atoms with Crippen LogP contribution in [0.3, 0.4) is 0 Å². The van der Waals surface area contributed by atoms with Crippen LogP contribution in [0.4, 0.5) is 17.1 Å². The van der Waals surface area contributed by atoms with Crippen molar-refractivity contribution >= 4 is 52.6 Å². The first-order valence-electron chi connectivity index (χ1n) is 14.0. The molecule has 0 aliphatic heterocycles. The van der Waals surface area contributed by atoms with E-state index in [1.54, 1.807) is 73.1 Å². The number of amides is 3. The van der Waals surface area contributed by atoms with E-state index < -0.39 is 22.0 Å². The number of anilines is 2. The number of aromatic nitrogens is 1. The molecule has 10 nitrogen and oxygen atoms in total. The fourth-order valence-electron chi connectivity index (χ4n) is 4.33. The van der Waals surface area contributed by atoms with Crippen molar-refractivity contribution in [2.45, 2.75) is 10.1 Å². The lowest BCUT2D eigenvalue weighted by Crippen LogP contribution is -2.30. The van der Waals surface area contributed by atoms with Crippen LogP contribution in [-0.4, -0.2) is 27.6 Å². The van der Waals surface area contributed by atoms with E-state index in [-0.39, 0.29) is 17.3 Å². The van der Waals surface area contributed by atoms with E-state index in [0.29, 0.717) is 27.4 Å². The fourth-order valence-corrected chi connectivity index (χ4v) is 5.41. The lowest BCUT2D eigenvalue weighted by molar-refractivity contribution is -0.384. The molecule has 1 unspecified atom stereocenters. The summed E-state index contributed by atoms with van der Waals surface area (Å²) in [6.07, 6.45) is 4.63. The van der Waals surface area contributed by atoms with Gasteiger partial charge in [0.2, 0.25) is 5.91 Å². The van der Waals surface area contributed by atoms with Crippen LogP contribution < -0.4 is 16.0 Å². The highest BCUT2D eigenvalue weighted by atomic mass is 32.2. The number of carbonyl (C=O) groups is 3. The maximum atomic E-state index is 13.5. The number of thioether (sulfide) groups is 1.